The molecule has 1 N–H and O–H groups in total. The summed E-state index contributed by atoms with van der Waals surface area (Å²) in [5, 5.41) is 3.69. The van der Waals surface area contributed by atoms with Crippen molar-refractivity contribution in [1.29, 1.82) is 0 Å². The van der Waals surface area contributed by atoms with Crippen LogP contribution in [0.5, 0.6) is 5.75 Å². The van der Waals surface area contributed by atoms with E-state index in [1.165, 1.54) is 10.5 Å². The standard InChI is InChI=1S/C24H30Cl2N2O3/c1-5-22(24(30)27-6-2)28(14-19-20(25)8-7-9-21(19)26)23(29)15-31-18-12-10-17(11-13-18)16(3)4/h7-13,16,22H,5-6,14-15H2,1-4H3,(H,27,30). The molecule has 31 heavy (non-hydrogen) atoms. The quantitative estimate of drug-likeness (QED) is 0.509. The molecule has 0 aliphatic carbocycles. The van der Waals surface area contributed by atoms with Gasteiger partial charge in [0.25, 0.3) is 5.91 Å². The number of halogens is 2. The van der Waals surface area contributed by atoms with Crippen molar-refractivity contribution >= 4 is 35.0 Å². The summed E-state index contributed by atoms with van der Waals surface area (Å²) in [5.74, 6) is 0.471. The zero-order valence-corrected chi connectivity index (χ0v) is 20.0. The van der Waals surface area contributed by atoms with Crippen LogP contribution in [0.25, 0.3) is 0 Å². The molecule has 2 rings (SSSR count). The Hall–Kier alpha value is -2.24. The van der Waals surface area contributed by atoms with Crippen LogP contribution in [0.3, 0.4) is 0 Å². The number of benzene rings is 2. The van der Waals surface area contributed by atoms with E-state index in [0.29, 0.717) is 40.2 Å². The van der Waals surface area contributed by atoms with E-state index in [4.69, 9.17) is 27.9 Å². The van der Waals surface area contributed by atoms with Crippen molar-refractivity contribution in [2.75, 3.05) is 13.2 Å². The lowest BCUT2D eigenvalue weighted by Gasteiger charge is -2.31. The van der Waals surface area contributed by atoms with Gasteiger partial charge in [-0.05, 0) is 49.1 Å². The summed E-state index contributed by atoms with van der Waals surface area (Å²) in [6.07, 6.45) is 0.447. The topological polar surface area (TPSA) is 58.6 Å². The molecule has 0 aliphatic heterocycles. The molecule has 2 aromatic carbocycles. The van der Waals surface area contributed by atoms with Crippen LogP contribution in [-0.4, -0.2) is 35.9 Å². The Morgan fingerprint density at radius 3 is 2.16 bits per heavy atom. The van der Waals surface area contributed by atoms with Crippen LogP contribution in [-0.2, 0) is 16.1 Å². The highest BCUT2D eigenvalue weighted by atomic mass is 35.5. The molecule has 0 aliphatic rings. The van der Waals surface area contributed by atoms with E-state index in [1.807, 2.05) is 38.1 Å². The van der Waals surface area contributed by atoms with E-state index in [-0.39, 0.29) is 25.0 Å². The molecule has 1 unspecified atom stereocenters. The second-order valence-electron chi connectivity index (χ2n) is 7.55. The van der Waals surface area contributed by atoms with E-state index >= 15 is 0 Å². The van der Waals surface area contributed by atoms with Crippen molar-refractivity contribution < 1.29 is 14.3 Å². The average molecular weight is 465 g/mol. The van der Waals surface area contributed by atoms with Crippen LogP contribution in [0.15, 0.2) is 42.5 Å². The van der Waals surface area contributed by atoms with Crippen molar-refractivity contribution in [3.05, 3.63) is 63.6 Å². The van der Waals surface area contributed by atoms with Gasteiger partial charge in [-0.2, -0.15) is 0 Å². The van der Waals surface area contributed by atoms with Crippen LogP contribution in [0.2, 0.25) is 10.0 Å². The summed E-state index contributed by atoms with van der Waals surface area (Å²) in [6.45, 7) is 8.32. The van der Waals surface area contributed by atoms with Crippen LogP contribution in [0.4, 0.5) is 0 Å². The summed E-state index contributed by atoms with van der Waals surface area (Å²) >= 11 is 12.7. The van der Waals surface area contributed by atoms with Gasteiger partial charge in [0, 0.05) is 28.7 Å². The predicted octanol–water partition coefficient (Wildman–Crippen LogP) is 5.44. The van der Waals surface area contributed by atoms with Gasteiger partial charge in [-0.25, -0.2) is 0 Å². The number of carbonyl (C=O) groups excluding carboxylic acids is 2. The second kappa shape index (κ2) is 12.0. The minimum absolute atomic E-state index is 0.114. The number of hydrogen-bond acceptors (Lipinski definition) is 3. The zero-order valence-electron chi connectivity index (χ0n) is 18.5. The molecule has 168 valence electrons. The molecule has 0 aromatic heterocycles. The van der Waals surface area contributed by atoms with E-state index in [0.717, 1.165) is 0 Å². The van der Waals surface area contributed by atoms with E-state index in [1.54, 1.807) is 18.2 Å². The highest BCUT2D eigenvalue weighted by Crippen LogP contribution is 2.27. The van der Waals surface area contributed by atoms with Gasteiger partial charge in [-0.1, -0.05) is 62.2 Å². The first kappa shape index (κ1) is 25.0. The molecule has 0 heterocycles. The molecule has 0 radical (unpaired) electrons. The van der Waals surface area contributed by atoms with Crippen LogP contribution < -0.4 is 10.1 Å². The summed E-state index contributed by atoms with van der Waals surface area (Å²) in [7, 11) is 0. The highest BCUT2D eigenvalue weighted by molar-refractivity contribution is 6.36. The van der Waals surface area contributed by atoms with Crippen molar-refractivity contribution in [3.63, 3.8) is 0 Å². The Bertz CT molecular complexity index is 865. The lowest BCUT2D eigenvalue weighted by molar-refractivity contribution is -0.142. The Morgan fingerprint density at radius 2 is 1.65 bits per heavy atom. The van der Waals surface area contributed by atoms with Gasteiger partial charge in [-0.15, -0.1) is 0 Å². The molecule has 0 bridgehead atoms. The Kier molecular flexibility index (Phi) is 9.66. The number of hydrogen-bond donors (Lipinski definition) is 1. The number of nitrogens with one attached hydrogen (secondary N) is 1. The lowest BCUT2D eigenvalue weighted by Crippen LogP contribution is -2.50. The normalized spacial score (nSPS) is 11.8. The number of ether oxygens (including phenoxy) is 1. The summed E-state index contributed by atoms with van der Waals surface area (Å²) in [4.78, 5) is 27.3. The number of amides is 2. The van der Waals surface area contributed by atoms with Gasteiger partial charge < -0.3 is 15.0 Å². The van der Waals surface area contributed by atoms with Crippen molar-refractivity contribution in [1.82, 2.24) is 10.2 Å². The molecule has 0 spiro atoms. The van der Waals surface area contributed by atoms with E-state index < -0.39 is 6.04 Å². The van der Waals surface area contributed by atoms with Gasteiger partial charge in [0.05, 0.1) is 0 Å². The third-order valence-corrected chi connectivity index (χ3v) is 5.74. The molecular formula is C24H30Cl2N2O3. The Morgan fingerprint density at radius 1 is 1.03 bits per heavy atom. The minimum atomic E-state index is -0.660. The summed E-state index contributed by atoms with van der Waals surface area (Å²) in [5.41, 5.74) is 1.79. The van der Waals surface area contributed by atoms with Gasteiger partial charge in [0.1, 0.15) is 11.8 Å². The van der Waals surface area contributed by atoms with E-state index in [2.05, 4.69) is 19.2 Å². The SMILES string of the molecule is CCNC(=O)C(CC)N(Cc1c(Cl)cccc1Cl)C(=O)COc1ccc(C(C)C)cc1. The first-order chi connectivity index (χ1) is 14.8. The number of rotatable bonds is 10. The molecule has 0 saturated carbocycles. The average Bonchev–Trinajstić information content (AvgIpc) is 2.74. The molecule has 2 aromatic rings. The van der Waals surface area contributed by atoms with Gasteiger partial charge >= 0.3 is 0 Å². The van der Waals surface area contributed by atoms with Crippen molar-refractivity contribution in [2.45, 2.75) is 52.6 Å². The van der Waals surface area contributed by atoms with Gasteiger partial charge in [-0.3, -0.25) is 9.59 Å². The maximum atomic E-state index is 13.2. The fourth-order valence-electron chi connectivity index (χ4n) is 3.24. The highest BCUT2D eigenvalue weighted by Gasteiger charge is 2.29. The number of carbonyl (C=O) groups is 2. The van der Waals surface area contributed by atoms with Crippen LogP contribution in [0.1, 0.15) is 51.2 Å². The number of nitrogens with zero attached hydrogens (tertiary/aromatic N) is 1. The monoisotopic (exact) mass is 464 g/mol. The van der Waals surface area contributed by atoms with E-state index in [9.17, 15) is 9.59 Å². The largest absolute Gasteiger partial charge is 0.484 e. The molecular weight excluding hydrogens is 435 g/mol. The molecule has 1 atom stereocenters. The zero-order chi connectivity index (χ0) is 23.0. The Balaban J connectivity index is 2.23. The third kappa shape index (κ3) is 6.88. The number of likely N-dealkylation sites (N-methyl/N-ethyl adjacent to an activating group) is 1. The molecule has 0 saturated heterocycles. The van der Waals surface area contributed by atoms with Gasteiger partial charge in [0.2, 0.25) is 5.91 Å². The summed E-state index contributed by atoms with van der Waals surface area (Å²) < 4.78 is 5.73. The lowest BCUT2D eigenvalue weighted by atomic mass is 10.0. The fourth-order valence-corrected chi connectivity index (χ4v) is 3.76. The second-order valence-corrected chi connectivity index (χ2v) is 8.37. The predicted molar refractivity (Wildman–Crippen MR) is 126 cm³/mol. The molecule has 2 amide bonds. The minimum Gasteiger partial charge on any atom is -0.484 e. The fraction of sp³-hybridized carbons (Fsp3) is 0.417. The third-order valence-electron chi connectivity index (χ3n) is 5.04. The van der Waals surface area contributed by atoms with Crippen LogP contribution >= 0.6 is 23.2 Å². The van der Waals surface area contributed by atoms with Crippen molar-refractivity contribution in [3.8, 4) is 5.75 Å². The molecule has 5 nitrogen and oxygen atoms in total. The molecule has 0 fully saturated rings. The summed E-state index contributed by atoms with van der Waals surface area (Å²) in [6, 6.07) is 12.2. The van der Waals surface area contributed by atoms with Gasteiger partial charge in [0.15, 0.2) is 6.61 Å². The van der Waals surface area contributed by atoms with Crippen LogP contribution in [0, 0.1) is 0 Å². The van der Waals surface area contributed by atoms with Crippen molar-refractivity contribution in [2.24, 2.45) is 0 Å². The molecule has 7 heteroatoms. The Labute approximate surface area is 194 Å². The first-order valence-electron chi connectivity index (χ1n) is 10.5. The maximum Gasteiger partial charge on any atom is 0.261 e. The first-order valence-corrected chi connectivity index (χ1v) is 11.3. The maximum absolute atomic E-state index is 13.2. The smallest absolute Gasteiger partial charge is 0.261 e.